The van der Waals surface area contributed by atoms with Gasteiger partial charge in [0.2, 0.25) is 0 Å². The first kappa shape index (κ1) is 20.6. The zero-order valence-corrected chi connectivity index (χ0v) is 18.7. The van der Waals surface area contributed by atoms with Crippen molar-refractivity contribution >= 4 is 40.2 Å². The normalized spacial score (nSPS) is 17.4. The second kappa shape index (κ2) is 7.82. The molecule has 172 valence electrons. The van der Waals surface area contributed by atoms with Crippen LogP contribution in [0.3, 0.4) is 0 Å². The lowest BCUT2D eigenvalue weighted by Crippen LogP contribution is -2.39. The second-order valence-corrected chi connectivity index (χ2v) is 8.95. The summed E-state index contributed by atoms with van der Waals surface area (Å²) in [6.45, 7) is 0.652. The Morgan fingerprint density at radius 3 is 2.97 bits per heavy atom. The fourth-order valence-electron chi connectivity index (χ4n) is 4.46. The third-order valence-corrected chi connectivity index (χ3v) is 6.77. The smallest absolute Gasteiger partial charge is 0.354 e. The zero-order chi connectivity index (χ0) is 23.4. The molecule has 1 atom stereocenters. The van der Waals surface area contributed by atoms with Gasteiger partial charge in [-0.15, -0.1) is 0 Å². The zero-order valence-electron chi connectivity index (χ0n) is 17.9. The minimum atomic E-state index is -1.08. The topological polar surface area (TPSA) is 145 Å². The van der Waals surface area contributed by atoms with Crippen LogP contribution in [0.4, 0.5) is 5.69 Å². The van der Waals surface area contributed by atoms with E-state index in [0.29, 0.717) is 45.1 Å². The number of aromatic amines is 2. The van der Waals surface area contributed by atoms with Crippen molar-refractivity contribution < 1.29 is 23.8 Å². The van der Waals surface area contributed by atoms with Crippen LogP contribution in [-0.4, -0.2) is 52.0 Å². The van der Waals surface area contributed by atoms with Gasteiger partial charge in [0, 0.05) is 35.6 Å². The van der Waals surface area contributed by atoms with Crippen molar-refractivity contribution in [1.29, 1.82) is 0 Å². The number of rotatable bonds is 5. The number of benzene rings is 1. The third-order valence-electron chi connectivity index (χ3n) is 5.96. The standard InChI is InChI=1S/C23H19N5O5S/c1-32-10-2-3-12-13(6-10)28-23(27-12)34-17-5-4-16(33-17)18-11-7-25-21(22(30)31)20(11)26-14-8-24-9-15(29)19(14)18/h2-7,18,24-26H,8-9H2,1H3,(H,27,28)(H,30,31). The van der Waals surface area contributed by atoms with Gasteiger partial charge in [0.15, 0.2) is 16.0 Å². The minimum absolute atomic E-state index is 0.0448. The van der Waals surface area contributed by atoms with Crippen LogP contribution in [0.25, 0.3) is 11.0 Å². The number of carboxylic acids is 1. The fraction of sp³-hybridized carbons (Fsp3) is 0.174. The number of aromatic nitrogens is 3. The van der Waals surface area contributed by atoms with E-state index in [-0.39, 0.29) is 18.0 Å². The second-order valence-electron chi connectivity index (χ2n) is 7.96. The Morgan fingerprint density at radius 1 is 1.26 bits per heavy atom. The van der Waals surface area contributed by atoms with Crippen molar-refractivity contribution in [3.05, 3.63) is 64.8 Å². The number of nitrogens with one attached hydrogen (secondary N) is 4. The Hall–Kier alpha value is -3.96. The lowest BCUT2D eigenvalue weighted by Gasteiger charge is -2.31. The van der Waals surface area contributed by atoms with Crippen molar-refractivity contribution in [2.75, 3.05) is 25.5 Å². The number of aromatic carboxylic acids is 1. The Kier molecular flexibility index (Phi) is 4.74. The van der Waals surface area contributed by atoms with E-state index in [4.69, 9.17) is 9.15 Å². The Bertz CT molecular complexity index is 1500. The predicted octanol–water partition coefficient (Wildman–Crippen LogP) is 3.33. The van der Waals surface area contributed by atoms with Gasteiger partial charge in [-0.05, 0) is 36.0 Å². The van der Waals surface area contributed by atoms with Crippen molar-refractivity contribution in [1.82, 2.24) is 20.3 Å². The maximum atomic E-state index is 12.9. The number of hydrogen-bond donors (Lipinski definition) is 5. The summed E-state index contributed by atoms with van der Waals surface area (Å²) in [7, 11) is 1.61. The summed E-state index contributed by atoms with van der Waals surface area (Å²) in [6.07, 6.45) is 1.62. The molecule has 0 saturated heterocycles. The molecule has 0 amide bonds. The predicted molar refractivity (Wildman–Crippen MR) is 124 cm³/mol. The number of fused-ring (bicyclic) bond motifs is 2. The fourth-order valence-corrected chi connectivity index (χ4v) is 5.23. The molecule has 11 heteroatoms. The highest BCUT2D eigenvalue weighted by molar-refractivity contribution is 7.99. The monoisotopic (exact) mass is 477 g/mol. The van der Waals surface area contributed by atoms with Gasteiger partial charge in [0.1, 0.15) is 17.2 Å². The van der Waals surface area contributed by atoms with Crippen LogP contribution in [0.5, 0.6) is 5.75 Å². The lowest BCUT2D eigenvalue weighted by molar-refractivity contribution is -0.115. The van der Waals surface area contributed by atoms with Gasteiger partial charge in [-0.2, -0.15) is 0 Å². The van der Waals surface area contributed by atoms with Gasteiger partial charge in [0.05, 0.1) is 36.3 Å². The Morgan fingerprint density at radius 2 is 2.15 bits per heavy atom. The maximum absolute atomic E-state index is 12.9. The molecule has 0 spiro atoms. The average Bonchev–Trinajstić information content (AvgIpc) is 3.55. The molecule has 10 nitrogen and oxygen atoms in total. The number of furan rings is 1. The number of carboxylic acid groups (broad SMARTS) is 1. The summed E-state index contributed by atoms with van der Waals surface area (Å²) in [6, 6.07) is 9.24. The highest BCUT2D eigenvalue weighted by Gasteiger charge is 2.39. The third kappa shape index (κ3) is 3.28. The first-order chi connectivity index (χ1) is 16.5. The van der Waals surface area contributed by atoms with Gasteiger partial charge in [-0.3, -0.25) is 4.79 Å². The van der Waals surface area contributed by atoms with Crippen molar-refractivity contribution in [2.45, 2.75) is 16.2 Å². The molecule has 0 bridgehead atoms. The summed E-state index contributed by atoms with van der Waals surface area (Å²) < 4.78 is 11.4. The van der Waals surface area contributed by atoms with E-state index < -0.39 is 11.9 Å². The van der Waals surface area contributed by atoms with E-state index in [9.17, 15) is 14.7 Å². The summed E-state index contributed by atoms with van der Waals surface area (Å²) in [5.74, 6) is -0.359. The number of anilines is 1. The highest BCUT2D eigenvalue weighted by Crippen LogP contribution is 2.45. The Balaban J connectivity index is 1.37. The molecule has 0 radical (unpaired) electrons. The van der Waals surface area contributed by atoms with E-state index in [2.05, 4.69) is 25.6 Å². The summed E-state index contributed by atoms with van der Waals surface area (Å²) >= 11 is 1.33. The number of hydrogen-bond acceptors (Lipinski definition) is 8. The number of carbonyl (C=O) groups is 2. The number of Topliss-reactive ketones (excluding diaryl/α,β-unsaturated/α-hetero) is 1. The molecule has 5 N–H and O–H groups in total. The molecule has 2 aliphatic rings. The maximum Gasteiger partial charge on any atom is 0.354 e. The molecule has 2 aliphatic heterocycles. The van der Waals surface area contributed by atoms with Crippen molar-refractivity contribution in [3.63, 3.8) is 0 Å². The molecule has 0 fully saturated rings. The number of imidazole rings is 1. The number of ketones is 1. The van der Waals surface area contributed by atoms with Gasteiger partial charge >= 0.3 is 5.97 Å². The van der Waals surface area contributed by atoms with Crippen molar-refractivity contribution in [3.8, 4) is 5.75 Å². The van der Waals surface area contributed by atoms with Crippen LogP contribution >= 0.6 is 11.8 Å². The molecule has 34 heavy (non-hydrogen) atoms. The number of ether oxygens (including phenoxy) is 1. The van der Waals surface area contributed by atoms with E-state index >= 15 is 0 Å². The van der Waals surface area contributed by atoms with Crippen LogP contribution in [-0.2, 0) is 4.79 Å². The SMILES string of the molecule is COc1ccc2nc(Sc3ccc(C4C5=C(CNCC5=O)Nc5c4c[nH]c5C(=O)O)o3)[nH]c2c1. The summed E-state index contributed by atoms with van der Waals surface area (Å²) in [5.41, 5.74) is 4.06. The van der Waals surface area contributed by atoms with Crippen molar-refractivity contribution in [2.24, 2.45) is 0 Å². The molecular weight excluding hydrogens is 458 g/mol. The van der Waals surface area contributed by atoms with Crippen LogP contribution in [0.1, 0.15) is 27.7 Å². The van der Waals surface area contributed by atoms with E-state index in [1.807, 2.05) is 30.3 Å². The van der Waals surface area contributed by atoms with Gasteiger partial charge in [0.25, 0.3) is 0 Å². The van der Waals surface area contributed by atoms with Crippen LogP contribution in [0, 0.1) is 0 Å². The Labute approximate surface area is 196 Å². The molecule has 6 rings (SSSR count). The van der Waals surface area contributed by atoms with Crippen LogP contribution in [0.15, 0.2) is 62.5 Å². The number of H-pyrrole nitrogens is 2. The largest absolute Gasteiger partial charge is 0.497 e. The molecule has 1 aromatic carbocycles. The average molecular weight is 478 g/mol. The van der Waals surface area contributed by atoms with Gasteiger partial charge in [-0.1, -0.05) is 0 Å². The van der Waals surface area contributed by atoms with Crippen LogP contribution < -0.4 is 15.4 Å². The van der Waals surface area contributed by atoms with Crippen LogP contribution in [0.2, 0.25) is 0 Å². The number of nitrogens with zero attached hydrogens (tertiary/aromatic N) is 1. The molecule has 4 aromatic rings. The quantitative estimate of drug-likeness (QED) is 0.292. The molecule has 3 aromatic heterocycles. The van der Waals surface area contributed by atoms with E-state index in [1.54, 1.807) is 13.3 Å². The van der Waals surface area contributed by atoms with Gasteiger partial charge < -0.3 is 34.9 Å². The minimum Gasteiger partial charge on any atom is -0.497 e. The lowest BCUT2D eigenvalue weighted by atomic mass is 9.82. The molecule has 0 saturated carbocycles. The highest BCUT2D eigenvalue weighted by atomic mass is 32.2. The molecular formula is C23H19N5O5S. The molecule has 1 unspecified atom stereocenters. The first-order valence-electron chi connectivity index (χ1n) is 10.5. The van der Waals surface area contributed by atoms with E-state index in [0.717, 1.165) is 16.8 Å². The number of methoxy groups -OCH3 is 1. The molecule has 5 heterocycles. The molecule has 0 aliphatic carbocycles. The van der Waals surface area contributed by atoms with Gasteiger partial charge in [-0.25, -0.2) is 9.78 Å². The first-order valence-corrected chi connectivity index (χ1v) is 11.3. The van der Waals surface area contributed by atoms with E-state index in [1.165, 1.54) is 11.8 Å². The summed E-state index contributed by atoms with van der Waals surface area (Å²) in [5, 5.41) is 17.0. The number of carbonyl (C=O) groups excluding carboxylic acids is 1. The summed E-state index contributed by atoms with van der Waals surface area (Å²) in [4.78, 5) is 35.2.